The summed E-state index contributed by atoms with van der Waals surface area (Å²) in [5, 5.41) is 3.39. The number of benzene rings is 1. The average molecular weight is 380 g/mol. The van der Waals surface area contributed by atoms with Crippen LogP contribution in [0.15, 0.2) is 17.1 Å². The summed E-state index contributed by atoms with van der Waals surface area (Å²) in [5.41, 5.74) is 0.999. The van der Waals surface area contributed by atoms with Crippen LogP contribution in [0.5, 0.6) is 17.2 Å². The Morgan fingerprint density at radius 1 is 1.15 bits per heavy atom. The number of nitrogens with one attached hydrogen (secondary N) is 1. The van der Waals surface area contributed by atoms with Gasteiger partial charge in [0.15, 0.2) is 5.96 Å². The molecule has 1 fully saturated rings. The number of rotatable bonds is 11. The highest BCUT2D eigenvalue weighted by molar-refractivity contribution is 5.79. The molecule has 7 nitrogen and oxygen atoms in total. The lowest BCUT2D eigenvalue weighted by Gasteiger charge is -2.22. The maximum atomic E-state index is 5.71. The van der Waals surface area contributed by atoms with Crippen LogP contribution in [-0.4, -0.2) is 72.6 Å². The standard InChI is InChI=1S/C20H33N3O4/c1-21-20(23(2)10-11-27-14-15-6-7-15)22-9-8-17-18(25-4)12-16(24-3)13-19(17)26-5/h12-13,15H,6-11,14H2,1-5H3,(H,21,22). The van der Waals surface area contributed by atoms with Gasteiger partial charge in [0, 0.05) is 51.5 Å². The summed E-state index contributed by atoms with van der Waals surface area (Å²) in [5.74, 6) is 3.86. The molecular formula is C20H33N3O4. The zero-order chi connectivity index (χ0) is 19.6. The molecular weight excluding hydrogens is 346 g/mol. The van der Waals surface area contributed by atoms with Gasteiger partial charge in [0.2, 0.25) is 0 Å². The predicted molar refractivity (Wildman–Crippen MR) is 107 cm³/mol. The summed E-state index contributed by atoms with van der Waals surface area (Å²) in [6.45, 7) is 3.12. The number of hydrogen-bond donors (Lipinski definition) is 1. The summed E-state index contributed by atoms with van der Waals surface area (Å²) >= 11 is 0. The minimum atomic E-state index is 0.707. The van der Waals surface area contributed by atoms with E-state index in [4.69, 9.17) is 18.9 Å². The highest BCUT2D eigenvalue weighted by Gasteiger charge is 2.21. The van der Waals surface area contributed by atoms with Crippen molar-refractivity contribution in [2.24, 2.45) is 10.9 Å². The highest BCUT2D eigenvalue weighted by Crippen LogP contribution is 2.34. The van der Waals surface area contributed by atoms with E-state index >= 15 is 0 Å². The van der Waals surface area contributed by atoms with Crippen LogP contribution in [0.3, 0.4) is 0 Å². The molecule has 2 rings (SSSR count). The molecule has 152 valence electrons. The molecule has 0 saturated heterocycles. The van der Waals surface area contributed by atoms with Crippen LogP contribution in [0, 0.1) is 5.92 Å². The van der Waals surface area contributed by atoms with Crippen LogP contribution < -0.4 is 19.5 Å². The first-order valence-electron chi connectivity index (χ1n) is 9.41. The molecule has 0 amide bonds. The van der Waals surface area contributed by atoms with E-state index in [9.17, 15) is 0 Å². The Hall–Kier alpha value is -2.15. The van der Waals surface area contributed by atoms with Crippen LogP contribution in [0.4, 0.5) is 0 Å². The molecule has 27 heavy (non-hydrogen) atoms. The number of hydrogen-bond acceptors (Lipinski definition) is 5. The van der Waals surface area contributed by atoms with E-state index in [2.05, 4.69) is 15.2 Å². The van der Waals surface area contributed by atoms with Crippen LogP contribution in [-0.2, 0) is 11.2 Å². The fourth-order valence-electron chi connectivity index (χ4n) is 2.85. The molecule has 0 heterocycles. The lowest BCUT2D eigenvalue weighted by molar-refractivity contribution is 0.115. The Balaban J connectivity index is 1.85. The molecule has 0 aromatic heterocycles. The van der Waals surface area contributed by atoms with E-state index in [1.165, 1.54) is 12.8 Å². The van der Waals surface area contributed by atoms with Crippen LogP contribution in [0.25, 0.3) is 0 Å². The quantitative estimate of drug-likeness (QED) is 0.361. The number of methoxy groups -OCH3 is 3. The van der Waals surface area contributed by atoms with Crippen molar-refractivity contribution in [1.29, 1.82) is 0 Å². The first-order chi connectivity index (χ1) is 13.1. The number of ether oxygens (including phenoxy) is 4. The highest BCUT2D eigenvalue weighted by atomic mass is 16.5. The summed E-state index contributed by atoms with van der Waals surface area (Å²) in [6, 6.07) is 3.74. The zero-order valence-corrected chi connectivity index (χ0v) is 17.2. The van der Waals surface area contributed by atoms with Crippen molar-refractivity contribution < 1.29 is 18.9 Å². The molecule has 0 atom stereocenters. The summed E-state index contributed by atoms with van der Waals surface area (Å²) in [7, 11) is 8.74. The van der Waals surface area contributed by atoms with Crippen LogP contribution >= 0.6 is 0 Å². The SMILES string of the molecule is CN=C(NCCc1c(OC)cc(OC)cc1OC)N(C)CCOCC1CC1. The largest absolute Gasteiger partial charge is 0.496 e. The minimum absolute atomic E-state index is 0.707. The van der Waals surface area contributed by atoms with Gasteiger partial charge in [0.1, 0.15) is 17.2 Å². The summed E-state index contributed by atoms with van der Waals surface area (Å²) in [4.78, 5) is 6.43. The van der Waals surface area contributed by atoms with Crippen molar-refractivity contribution in [3.63, 3.8) is 0 Å². The number of nitrogens with zero attached hydrogens (tertiary/aromatic N) is 2. The van der Waals surface area contributed by atoms with E-state index in [-0.39, 0.29) is 0 Å². The molecule has 1 aliphatic carbocycles. The Morgan fingerprint density at radius 2 is 1.81 bits per heavy atom. The van der Waals surface area contributed by atoms with Gasteiger partial charge in [-0.1, -0.05) is 0 Å². The smallest absolute Gasteiger partial charge is 0.193 e. The second kappa shape index (κ2) is 10.9. The van der Waals surface area contributed by atoms with Crippen molar-refractivity contribution in [3.05, 3.63) is 17.7 Å². The monoisotopic (exact) mass is 379 g/mol. The van der Waals surface area contributed by atoms with Crippen molar-refractivity contribution in [2.75, 3.05) is 61.7 Å². The van der Waals surface area contributed by atoms with Crippen LogP contribution in [0.1, 0.15) is 18.4 Å². The lowest BCUT2D eigenvalue weighted by atomic mass is 10.1. The van der Waals surface area contributed by atoms with Gasteiger partial charge in [-0.3, -0.25) is 4.99 Å². The Bertz CT molecular complexity index is 592. The second-order valence-corrected chi connectivity index (χ2v) is 6.67. The zero-order valence-electron chi connectivity index (χ0n) is 17.2. The lowest BCUT2D eigenvalue weighted by Crippen LogP contribution is -2.41. The molecule has 0 bridgehead atoms. The van der Waals surface area contributed by atoms with Gasteiger partial charge in [-0.25, -0.2) is 0 Å². The molecule has 1 aromatic rings. The maximum absolute atomic E-state index is 5.71. The molecule has 1 aromatic carbocycles. The Labute approximate surface area is 162 Å². The third kappa shape index (κ3) is 6.50. The van der Waals surface area contributed by atoms with Gasteiger partial charge >= 0.3 is 0 Å². The topological polar surface area (TPSA) is 64.6 Å². The van der Waals surface area contributed by atoms with Gasteiger partial charge in [-0.05, 0) is 25.2 Å². The van der Waals surface area contributed by atoms with Gasteiger partial charge in [-0.15, -0.1) is 0 Å². The first kappa shape index (κ1) is 21.2. The van der Waals surface area contributed by atoms with E-state index in [1.807, 2.05) is 19.2 Å². The van der Waals surface area contributed by atoms with Gasteiger partial charge < -0.3 is 29.2 Å². The average Bonchev–Trinajstić information content (AvgIpc) is 3.52. The van der Waals surface area contributed by atoms with Crippen LogP contribution in [0.2, 0.25) is 0 Å². The predicted octanol–water partition coefficient (Wildman–Crippen LogP) is 2.19. The minimum Gasteiger partial charge on any atom is -0.496 e. The molecule has 1 N–H and O–H groups in total. The maximum Gasteiger partial charge on any atom is 0.193 e. The van der Waals surface area contributed by atoms with Gasteiger partial charge in [0.25, 0.3) is 0 Å². The van der Waals surface area contributed by atoms with Crippen molar-refractivity contribution in [3.8, 4) is 17.2 Å². The molecule has 7 heteroatoms. The third-order valence-electron chi connectivity index (χ3n) is 4.67. The summed E-state index contributed by atoms with van der Waals surface area (Å²) < 4.78 is 22.0. The number of likely N-dealkylation sites (N-methyl/N-ethyl adjacent to an activating group) is 1. The van der Waals surface area contributed by atoms with E-state index in [0.29, 0.717) is 18.9 Å². The van der Waals surface area contributed by atoms with Crippen molar-refractivity contribution >= 4 is 5.96 Å². The third-order valence-corrected chi connectivity index (χ3v) is 4.67. The molecule has 0 aliphatic heterocycles. The Morgan fingerprint density at radius 3 is 2.33 bits per heavy atom. The number of aliphatic imine (C=N–C) groups is 1. The first-order valence-corrected chi connectivity index (χ1v) is 9.41. The summed E-state index contributed by atoms with van der Waals surface area (Å²) in [6.07, 6.45) is 3.37. The van der Waals surface area contributed by atoms with Gasteiger partial charge in [0.05, 0.1) is 27.9 Å². The van der Waals surface area contributed by atoms with E-state index in [1.54, 1.807) is 28.4 Å². The molecule has 1 aliphatic rings. The van der Waals surface area contributed by atoms with Crippen molar-refractivity contribution in [2.45, 2.75) is 19.3 Å². The molecule has 1 saturated carbocycles. The number of guanidine groups is 1. The van der Waals surface area contributed by atoms with E-state index < -0.39 is 0 Å². The molecule has 0 unspecified atom stereocenters. The molecule has 0 spiro atoms. The Kier molecular flexibility index (Phi) is 8.51. The second-order valence-electron chi connectivity index (χ2n) is 6.67. The normalized spacial score (nSPS) is 14.0. The van der Waals surface area contributed by atoms with E-state index in [0.717, 1.165) is 48.5 Å². The van der Waals surface area contributed by atoms with Gasteiger partial charge in [-0.2, -0.15) is 0 Å². The molecule has 0 radical (unpaired) electrons. The fraction of sp³-hybridized carbons (Fsp3) is 0.650. The van der Waals surface area contributed by atoms with Crippen molar-refractivity contribution in [1.82, 2.24) is 10.2 Å². The fourth-order valence-corrected chi connectivity index (χ4v) is 2.85.